The predicted molar refractivity (Wildman–Crippen MR) is 87.4 cm³/mol. The summed E-state index contributed by atoms with van der Waals surface area (Å²) in [7, 11) is 1.52. The van der Waals surface area contributed by atoms with Crippen LogP contribution in [0.2, 0.25) is 0 Å². The molecule has 0 aliphatic rings. The van der Waals surface area contributed by atoms with Gasteiger partial charge >= 0.3 is 0 Å². The molecule has 2 rings (SSSR count). The van der Waals surface area contributed by atoms with Crippen LogP contribution in [-0.4, -0.2) is 13.0 Å². The number of carbonyl (C=O) groups is 1. The maximum atomic E-state index is 12.2. The lowest BCUT2D eigenvalue weighted by Crippen LogP contribution is -2.23. The number of hydrogen-bond donors (Lipinski definition) is 2. The van der Waals surface area contributed by atoms with Gasteiger partial charge in [-0.2, -0.15) is 5.26 Å². The molecule has 0 aromatic heterocycles. The van der Waals surface area contributed by atoms with E-state index in [0.29, 0.717) is 33.6 Å². The summed E-state index contributed by atoms with van der Waals surface area (Å²) in [6, 6.07) is 12.3. The van der Waals surface area contributed by atoms with Crippen LogP contribution >= 0.6 is 15.9 Å². The van der Waals surface area contributed by atoms with Gasteiger partial charge in [0.15, 0.2) is 0 Å². The molecule has 1 amide bonds. The van der Waals surface area contributed by atoms with E-state index in [2.05, 4.69) is 21.2 Å². The van der Waals surface area contributed by atoms with Crippen LogP contribution in [0.1, 0.15) is 21.5 Å². The standard InChI is InChI=1S/C16H14BrN3O2/c1-22-15-6-12(14(19)7-13(15)17)16(21)20-9-11-4-2-10(8-18)3-5-11/h2-7H,9,19H2,1H3,(H,20,21). The molecule has 0 aliphatic heterocycles. The number of hydrogen-bond acceptors (Lipinski definition) is 4. The van der Waals surface area contributed by atoms with Gasteiger partial charge < -0.3 is 15.8 Å². The molecule has 0 spiro atoms. The maximum Gasteiger partial charge on any atom is 0.253 e. The fourth-order valence-corrected chi connectivity index (χ4v) is 2.42. The highest BCUT2D eigenvalue weighted by atomic mass is 79.9. The number of amides is 1. The summed E-state index contributed by atoms with van der Waals surface area (Å²) < 4.78 is 5.86. The summed E-state index contributed by atoms with van der Waals surface area (Å²) in [5.74, 6) is 0.255. The van der Waals surface area contributed by atoms with Crippen molar-refractivity contribution in [1.82, 2.24) is 5.32 Å². The first-order chi connectivity index (χ1) is 10.5. The second-order valence-corrected chi connectivity index (χ2v) is 5.42. The van der Waals surface area contributed by atoms with Gasteiger partial charge in [-0.1, -0.05) is 12.1 Å². The molecule has 0 fully saturated rings. The van der Waals surface area contributed by atoms with E-state index in [1.165, 1.54) is 7.11 Å². The Hall–Kier alpha value is -2.52. The average molecular weight is 360 g/mol. The number of rotatable bonds is 4. The Morgan fingerprint density at radius 3 is 2.64 bits per heavy atom. The van der Waals surface area contributed by atoms with E-state index < -0.39 is 0 Å². The van der Waals surface area contributed by atoms with Crippen molar-refractivity contribution in [3.8, 4) is 11.8 Å². The first-order valence-electron chi connectivity index (χ1n) is 6.45. The van der Waals surface area contributed by atoms with Gasteiger partial charge in [-0.25, -0.2) is 0 Å². The lowest BCUT2D eigenvalue weighted by atomic mass is 10.1. The smallest absolute Gasteiger partial charge is 0.253 e. The topological polar surface area (TPSA) is 88.1 Å². The molecule has 112 valence electrons. The maximum absolute atomic E-state index is 12.2. The average Bonchev–Trinajstić information content (AvgIpc) is 2.53. The van der Waals surface area contributed by atoms with E-state index in [1.807, 2.05) is 6.07 Å². The third kappa shape index (κ3) is 3.57. The van der Waals surface area contributed by atoms with Crippen molar-refractivity contribution < 1.29 is 9.53 Å². The number of nitrogens with one attached hydrogen (secondary N) is 1. The molecular formula is C16H14BrN3O2. The molecule has 0 bridgehead atoms. The van der Waals surface area contributed by atoms with Gasteiger partial charge in [0, 0.05) is 12.2 Å². The van der Waals surface area contributed by atoms with Gasteiger partial charge in [-0.3, -0.25) is 4.79 Å². The molecule has 2 aromatic rings. The van der Waals surface area contributed by atoms with Crippen molar-refractivity contribution >= 4 is 27.5 Å². The molecule has 5 nitrogen and oxygen atoms in total. The zero-order valence-corrected chi connectivity index (χ0v) is 13.5. The van der Waals surface area contributed by atoms with E-state index in [1.54, 1.807) is 36.4 Å². The zero-order chi connectivity index (χ0) is 16.1. The van der Waals surface area contributed by atoms with Crippen LogP contribution in [0.15, 0.2) is 40.9 Å². The van der Waals surface area contributed by atoms with E-state index in [4.69, 9.17) is 15.7 Å². The molecular weight excluding hydrogens is 346 g/mol. The number of anilines is 1. The molecule has 6 heteroatoms. The number of nitrogens with zero attached hydrogens (tertiary/aromatic N) is 1. The summed E-state index contributed by atoms with van der Waals surface area (Å²) in [6.07, 6.45) is 0. The number of ether oxygens (including phenoxy) is 1. The quantitative estimate of drug-likeness (QED) is 0.821. The Kier molecular flexibility index (Phi) is 5.02. The van der Waals surface area contributed by atoms with Crippen LogP contribution in [0.3, 0.4) is 0 Å². The van der Waals surface area contributed by atoms with Crippen molar-refractivity contribution in [2.24, 2.45) is 0 Å². The Morgan fingerprint density at radius 1 is 1.36 bits per heavy atom. The van der Waals surface area contributed by atoms with Crippen molar-refractivity contribution in [3.05, 3.63) is 57.6 Å². The Labute approximate surface area is 136 Å². The van der Waals surface area contributed by atoms with Crippen molar-refractivity contribution in [2.75, 3.05) is 12.8 Å². The van der Waals surface area contributed by atoms with Crippen LogP contribution in [0.25, 0.3) is 0 Å². The summed E-state index contributed by atoms with van der Waals surface area (Å²) in [5.41, 5.74) is 8.07. The number of halogens is 1. The Bertz CT molecular complexity index is 736. The molecule has 0 saturated carbocycles. The molecule has 0 atom stereocenters. The molecule has 0 aliphatic carbocycles. The summed E-state index contributed by atoms with van der Waals surface area (Å²) in [5, 5.41) is 11.5. The normalized spacial score (nSPS) is 9.86. The summed E-state index contributed by atoms with van der Waals surface area (Å²) >= 11 is 3.32. The van der Waals surface area contributed by atoms with Gasteiger partial charge in [0.2, 0.25) is 0 Å². The largest absolute Gasteiger partial charge is 0.496 e. The van der Waals surface area contributed by atoms with E-state index in [-0.39, 0.29) is 5.91 Å². The lowest BCUT2D eigenvalue weighted by molar-refractivity contribution is 0.0951. The fourth-order valence-electron chi connectivity index (χ4n) is 1.90. The first kappa shape index (κ1) is 15.9. The first-order valence-corrected chi connectivity index (χ1v) is 7.24. The zero-order valence-electron chi connectivity index (χ0n) is 11.9. The van der Waals surface area contributed by atoms with Crippen LogP contribution in [0.4, 0.5) is 5.69 Å². The number of nitrogen functional groups attached to an aromatic ring is 1. The fraction of sp³-hybridized carbons (Fsp3) is 0.125. The minimum absolute atomic E-state index is 0.285. The third-order valence-electron chi connectivity index (χ3n) is 3.10. The molecule has 0 unspecified atom stereocenters. The molecule has 0 saturated heterocycles. The Balaban J connectivity index is 2.10. The third-order valence-corrected chi connectivity index (χ3v) is 3.72. The molecule has 0 heterocycles. The summed E-state index contributed by atoms with van der Waals surface area (Å²) in [6.45, 7) is 0.350. The lowest BCUT2D eigenvalue weighted by Gasteiger charge is -2.11. The monoisotopic (exact) mass is 359 g/mol. The second kappa shape index (κ2) is 6.96. The number of carbonyl (C=O) groups excluding carboxylic acids is 1. The number of nitriles is 1. The highest BCUT2D eigenvalue weighted by molar-refractivity contribution is 9.10. The van der Waals surface area contributed by atoms with Gasteiger partial charge in [0.25, 0.3) is 5.91 Å². The minimum atomic E-state index is -0.285. The molecule has 2 aromatic carbocycles. The van der Waals surface area contributed by atoms with Gasteiger partial charge in [-0.15, -0.1) is 0 Å². The van der Waals surface area contributed by atoms with E-state index >= 15 is 0 Å². The molecule has 0 radical (unpaired) electrons. The highest BCUT2D eigenvalue weighted by Crippen LogP contribution is 2.29. The minimum Gasteiger partial charge on any atom is -0.496 e. The molecule has 22 heavy (non-hydrogen) atoms. The van der Waals surface area contributed by atoms with Crippen LogP contribution in [-0.2, 0) is 6.54 Å². The number of benzene rings is 2. The van der Waals surface area contributed by atoms with Gasteiger partial charge in [0.1, 0.15) is 5.75 Å². The van der Waals surface area contributed by atoms with Gasteiger partial charge in [0.05, 0.1) is 28.8 Å². The van der Waals surface area contributed by atoms with E-state index in [0.717, 1.165) is 5.56 Å². The van der Waals surface area contributed by atoms with Crippen LogP contribution < -0.4 is 15.8 Å². The predicted octanol–water partition coefficient (Wildman–Crippen LogP) is 2.84. The van der Waals surface area contributed by atoms with Gasteiger partial charge in [-0.05, 0) is 45.8 Å². The molecule has 3 N–H and O–H groups in total. The van der Waals surface area contributed by atoms with Crippen molar-refractivity contribution in [2.45, 2.75) is 6.54 Å². The van der Waals surface area contributed by atoms with E-state index in [9.17, 15) is 4.79 Å². The summed E-state index contributed by atoms with van der Waals surface area (Å²) in [4.78, 5) is 12.2. The van der Waals surface area contributed by atoms with Crippen LogP contribution in [0.5, 0.6) is 5.75 Å². The Morgan fingerprint density at radius 2 is 2.05 bits per heavy atom. The second-order valence-electron chi connectivity index (χ2n) is 4.57. The van der Waals surface area contributed by atoms with Crippen LogP contribution in [0, 0.1) is 11.3 Å². The number of nitrogens with two attached hydrogens (primary N) is 1. The van der Waals surface area contributed by atoms with Crippen molar-refractivity contribution in [3.63, 3.8) is 0 Å². The number of methoxy groups -OCH3 is 1. The SMILES string of the molecule is COc1cc(C(=O)NCc2ccc(C#N)cc2)c(N)cc1Br. The highest BCUT2D eigenvalue weighted by Gasteiger charge is 2.13. The van der Waals surface area contributed by atoms with Crippen molar-refractivity contribution in [1.29, 1.82) is 5.26 Å².